The Kier molecular flexibility index (Phi) is 23.8. The third-order valence-electron chi connectivity index (χ3n) is 27.6. The van der Waals surface area contributed by atoms with Crippen LogP contribution in [-0.4, -0.2) is 53.6 Å². The van der Waals surface area contributed by atoms with E-state index in [1.54, 1.807) is 0 Å². The smallest absolute Gasteiger partial charge is 0.171 e. The Morgan fingerprint density at radius 1 is 0.184 bits per heavy atom. The van der Waals surface area contributed by atoms with Crippen molar-refractivity contribution in [1.29, 1.82) is 0 Å². The van der Waals surface area contributed by atoms with Crippen LogP contribution in [-0.2, 0) is 4.57 Å². The molecule has 20 aromatic carbocycles. The summed E-state index contributed by atoms with van der Waals surface area (Å²) in [5.41, 5.74) is 26.6. The lowest BCUT2D eigenvalue weighted by atomic mass is 10.00. The van der Waals surface area contributed by atoms with Crippen molar-refractivity contribution in [2.45, 2.75) is 14.9 Å². The van der Waals surface area contributed by atoms with Crippen molar-refractivity contribution in [1.82, 2.24) is 53.6 Å². The maximum Gasteiger partial charge on any atom is 0.171 e. The van der Waals surface area contributed by atoms with Gasteiger partial charge in [0.05, 0.1) is 78.1 Å². The first-order valence-corrected chi connectivity index (χ1v) is 50.4. The monoisotopic (exact) mass is 1900 g/mol. The molecule has 0 N–H and O–H groups in total. The average Bonchev–Trinajstić information content (AvgIpc) is 1.56. The fourth-order valence-electron chi connectivity index (χ4n) is 20.9. The summed E-state index contributed by atoms with van der Waals surface area (Å²) in [6.07, 6.45) is 0. The average molecular weight is 1910 g/mol. The maximum atomic E-state index is 15.3. The van der Waals surface area contributed by atoms with Gasteiger partial charge in [-0.3, -0.25) is 0 Å². The molecular weight excluding hydrogens is 1810 g/mol. The highest BCUT2D eigenvalue weighted by Crippen LogP contribution is 2.49. The number of hydrogen-bond acceptors (Lipinski definition) is 9. The van der Waals surface area contributed by atoms with E-state index < -0.39 is 7.14 Å². The highest BCUT2D eigenvalue weighted by molar-refractivity contribution is 7.85. The molecule has 696 valence electrons. The topological polar surface area (TPSA) is 135 Å². The molecule has 147 heavy (non-hydrogen) atoms. The molecule has 0 aliphatic heterocycles. The van der Waals surface area contributed by atoms with Gasteiger partial charge in [0, 0.05) is 142 Å². The second-order valence-electron chi connectivity index (χ2n) is 36.2. The second-order valence-corrected chi connectivity index (χ2v) is 39.0. The Labute approximate surface area is 850 Å². The number of aromatic nitrogens is 11. The van der Waals surface area contributed by atoms with Gasteiger partial charge in [0.1, 0.15) is 0 Å². The van der Waals surface area contributed by atoms with Crippen LogP contribution in [0.5, 0.6) is 0 Å². The number of fused-ring (bicyclic) bond motifs is 19. The van der Waals surface area contributed by atoms with E-state index >= 15 is 4.57 Å². The number of para-hydroxylation sites is 4. The number of rotatable bonds is 15. The molecule has 0 saturated carbocycles. The van der Waals surface area contributed by atoms with Crippen molar-refractivity contribution in [3.05, 3.63) is 522 Å². The molecule has 8 aromatic heterocycles. The Morgan fingerprint density at radius 2 is 0.469 bits per heavy atom. The predicted octanol–water partition coefficient (Wildman–Crippen LogP) is 33.2. The van der Waals surface area contributed by atoms with Crippen LogP contribution in [0.4, 0.5) is 0 Å². The van der Waals surface area contributed by atoms with Crippen LogP contribution >= 0.6 is 7.14 Å². The molecule has 0 atom stereocenters. The summed E-state index contributed by atoms with van der Waals surface area (Å²) in [4.78, 5) is 41.0. The molecule has 0 unspecified atom stereocenters. The first-order chi connectivity index (χ1) is 71.8. The molecule has 0 spiro atoms. The van der Waals surface area contributed by atoms with Gasteiger partial charge in [0.2, 0.25) is 0 Å². The van der Waals surface area contributed by atoms with Crippen molar-refractivity contribution >= 4 is 143 Å². The van der Waals surface area contributed by atoms with E-state index in [2.05, 4.69) is 353 Å². The number of pyridine rings is 3. The lowest BCUT2D eigenvalue weighted by Crippen LogP contribution is -2.25. The first-order valence-electron chi connectivity index (χ1n) is 48.7. The van der Waals surface area contributed by atoms with Crippen LogP contribution in [0.3, 0.4) is 0 Å². The minimum absolute atomic E-state index is 0. The van der Waals surface area contributed by atoms with Crippen LogP contribution in [0.1, 0.15) is 14.9 Å². The van der Waals surface area contributed by atoms with Gasteiger partial charge < -0.3 is 18.3 Å². The molecule has 28 rings (SSSR count). The Bertz CT molecular complexity index is 9310. The third kappa shape index (κ3) is 16.3. The van der Waals surface area contributed by atoms with E-state index in [0.717, 1.165) is 215 Å². The van der Waals surface area contributed by atoms with Crippen molar-refractivity contribution in [3.63, 3.8) is 0 Å². The normalized spacial score (nSPS) is 11.5. The summed E-state index contributed by atoms with van der Waals surface area (Å²) in [6.45, 7) is 0. The van der Waals surface area contributed by atoms with Gasteiger partial charge in [-0.1, -0.05) is 458 Å². The largest absolute Gasteiger partial charge is 0.309 e. The SMILES string of the molecule is C.C.O=P(c1ccccc1)(c1ccccc1)c1cccc(-n2c3ccccc3c3c(-c4ccccc4)nc4ccccc4c32)c1.c1ccc(-c2cc(-c3ccc(-n4c5ccccc5c5c(-c6ccccc6)nc6c7ccccc7ccc6c54)cc3)nc(-c3ccccc3)n2)cc1.c1ccc(-c2nc(-c3ccccc3)nc(-c3ccc(-n4c5ccccc5c5c(-c6ccccc6)nc6c7ccccc7ccc6c54)cc3)n2)cc1. The first kappa shape index (κ1) is 90.4. The zero-order chi connectivity index (χ0) is 96.3. The highest BCUT2D eigenvalue weighted by Gasteiger charge is 2.32. The minimum Gasteiger partial charge on any atom is -0.309 e. The summed E-state index contributed by atoms with van der Waals surface area (Å²) in [7, 11) is -3.16. The second kappa shape index (κ2) is 38.7. The van der Waals surface area contributed by atoms with Crippen molar-refractivity contribution in [2.75, 3.05) is 0 Å². The molecule has 0 saturated heterocycles. The predicted molar refractivity (Wildman–Crippen MR) is 614 cm³/mol. The molecule has 0 aliphatic rings. The van der Waals surface area contributed by atoms with Crippen LogP contribution in [0.2, 0.25) is 0 Å². The molecular formula is C134H94N11OP. The lowest BCUT2D eigenvalue weighted by Gasteiger charge is -2.21. The van der Waals surface area contributed by atoms with Crippen molar-refractivity contribution < 1.29 is 4.57 Å². The molecule has 0 radical (unpaired) electrons. The van der Waals surface area contributed by atoms with Gasteiger partial charge in [-0.05, 0) is 89.6 Å². The molecule has 0 bridgehead atoms. The Morgan fingerprint density at radius 3 is 0.871 bits per heavy atom. The lowest BCUT2D eigenvalue weighted by molar-refractivity contribution is 0.592. The van der Waals surface area contributed by atoms with Gasteiger partial charge in [-0.15, -0.1) is 0 Å². The quantitative estimate of drug-likeness (QED) is 0.0726. The molecule has 0 aliphatic carbocycles. The summed E-state index contributed by atoms with van der Waals surface area (Å²) in [6, 6.07) is 180. The van der Waals surface area contributed by atoms with Crippen molar-refractivity contribution in [3.8, 4) is 119 Å². The van der Waals surface area contributed by atoms with E-state index in [1.807, 2.05) is 182 Å². The van der Waals surface area contributed by atoms with Gasteiger partial charge in [-0.25, -0.2) is 39.9 Å². The molecule has 0 amide bonds. The van der Waals surface area contributed by atoms with E-state index in [-0.39, 0.29) is 14.9 Å². The van der Waals surface area contributed by atoms with Crippen LogP contribution < -0.4 is 15.9 Å². The number of nitrogens with zero attached hydrogens (tertiary/aromatic N) is 11. The van der Waals surface area contributed by atoms with E-state index in [9.17, 15) is 0 Å². The van der Waals surface area contributed by atoms with Crippen LogP contribution in [0.25, 0.3) is 239 Å². The summed E-state index contributed by atoms with van der Waals surface area (Å²) in [5.74, 6) is 2.62. The number of hydrogen-bond donors (Lipinski definition) is 0. The fraction of sp³-hybridized carbons (Fsp3) is 0.0149. The summed E-state index contributed by atoms with van der Waals surface area (Å²) >= 11 is 0. The maximum absolute atomic E-state index is 15.3. The fourth-order valence-corrected chi connectivity index (χ4v) is 23.6. The van der Waals surface area contributed by atoms with E-state index in [0.29, 0.717) is 23.3 Å². The molecule has 12 nitrogen and oxygen atoms in total. The van der Waals surface area contributed by atoms with Gasteiger partial charge in [0.25, 0.3) is 0 Å². The van der Waals surface area contributed by atoms with Crippen molar-refractivity contribution in [2.24, 2.45) is 0 Å². The minimum atomic E-state index is -3.16. The van der Waals surface area contributed by atoms with E-state index in [1.165, 1.54) is 16.2 Å². The molecule has 8 heterocycles. The van der Waals surface area contributed by atoms with Gasteiger partial charge in [-0.2, -0.15) is 0 Å². The van der Waals surface area contributed by atoms with Crippen LogP contribution in [0, 0.1) is 0 Å². The Balaban J connectivity index is 0.000000118. The third-order valence-corrected chi connectivity index (χ3v) is 30.7. The Hall–Kier alpha value is -19.1. The number of benzene rings is 20. The zero-order valence-corrected chi connectivity index (χ0v) is 79.3. The van der Waals surface area contributed by atoms with Gasteiger partial charge in [0.15, 0.2) is 30.4 Å². The molecule has 0 fully saturated rings. The summed E-state index contributed by atoms with van der Waals surface area (Å²) in [5, 5.41) is 17.3. The summed E-state index contributed by atoms with van der Waals surface area (Å²) < 4.78 is 22.4. The molecule has 13 heteroatoms. The van der Waals surface area contributed by atoms with Gasteiger partial charge >= 0.3 is 0 Å². The zero-order valence-electron chi connectivity index (χ0n) is 78.4. The molecule has 28 aromatic rings. The standard InChI is InChI=1S/C47H30N4.C46H29N5.C39H27N2OP.2CH4/c1-4-15-32(16-5-1)40-30-41(49-47(48-40)35-19-8-3-9-20-35)33-24-27-36(28-25-33)51-42-23-13-12-22-38(42)43-44(34-17-6-2-7-18-34)50-45-37-21-11-10-14-31(37)26-29-39(45)46(43)51;1-4-15-31(16-5-1)41-40-37-22-12-13-23-39(37)51(43(40)38-29-26-30-14-10-11-21-36(30)42(38)47-41)35-27-24-34(25-28-35)46-49-44(32-17-6-2-7-18-32)48-45(50-46)33-19-8-3-9-20-33;42-43(30-18-6-2-7-19-30,31-20-8-3-9-21-31)32-22-14-17-29(27-32)41-36-26-13-11-24-34(36)37-38(28-15-4-1-5-16-28)40-35-25-12-10-23-33(35)39(37)41;;/h1-30H;1-29H;1-27H;2*1H4. The highest BCUT2D eigenvalue weighted by atomic mass is 31.2. The van der Waals surface area contributed by atoms with Crippen LogP contribution in [0.15, 0.2) is 522 Å². The van der Waals surface area contributed by atoms with E-state index in [4.69, 9.17) is 39.9 Å².